The molecule has 7 rings (SSSR count). The molecular weight excluding hydrogens is 396 g/mol. The summed E-state index contributed by atoms with van der Waals surface area (Å²) >= 11 is 0. The monoisotopic (exact) mass is 416 g/mol. The van der Waals surface area contributed by atoms with Crippen LogP contribution in [0.5, 0.6) is 0 Å². The van der Waals surface area contributed by atoms with Gasteiger partial charge in [-0.2, -0.15) is 10.1 Å². The van der Waals surface area contributed by atoms with Crippen LogP contribution in [0.4, 0.5) is 0 Å². The number of furan rings is 1. The Labute approximate surface area is 178 Å². The molecule has 0 unspecified atom stereocenters. The summed E-state index contributed by atoms with van der Waals surface area (Å²) in [5.74, 6) is 1.21. The zero-order chi connectivity index (χ0) is 21.3. The fourth-order valence-electron chi connectivity index (χ4n) is 5.64. The van der Waals surface area contributed by atoms with Crippen molar-refractivity contribution in [2.45, 2.75) is 6.42 Å². The quantitative estimate of drug-likeness (QED) is 0.331. The molecule has 2 aromatic rings. The van der Waals surface area contributed by atoms with Crippen LogP contribution in [0, 0.1) is 35.5 Å². The Morgan fingerprint density at radius 1 is 1.03 bits per heavy atom. The minimum atomic E-state index is -0.403. The van der Waals surface area contributed by atoms with E-state index in [0.717, 1.165) is 17.0 Å². The number of nitrogens with zero attached hydrogens (tertiary/aromatic N) is 2. The average Bonchev–Trinajstić information content (AvgIpc) is 3.44. The van der Waals surface area contributed by atoms with Gasteiger partial charge in [0, 0.05) is 5.56 Å². The van der Waals surface area contributed by atoms with E-state index in [1.54, 1.807) is 36.4 Å². The molecule has 7 heteroatoms. The Bertz CT molecular complexity index is 1120. The predicted octanol–water partition coefficient (Wildman–Crippen LogP) is 3.12. The largest absolute Gasteiger partial charge is 0.465 e. The molecule has 7 nitrogen and oxygen atoms in total. The topological polar surface area (TPSA) is 89.2 Å². The molecule has 1 aromatic carbocycles. The molecule has 0 N–H and O–H groups in total. The number of rotatable bonds is 4. The van der Waals surface area contributed by atoms with Gasteiger partial charge >= 0.3 is 5.97 Å². The van der Waals surface area contributed by atoms with Crippen molar-refractivity contribution in [1.29, 1.82) is 0 Å². The standard InChI is InChI=1S/C24H20N2O5/c1-30-24(29)13-4-2-12(3-5-13)19-9-6-14(31-19)11-25-26-22(27)20-15-7-8-16(18-10-17(15)18)21(20)23(26)28/h2-9,11,15-18,20-21H,10H2,1H3/b25-11+/t15-,16-,17-,18-,20+,21+/m1/s1. The maximum Gasteiger partial charge on any atom is 0.337 e. The Kier molecular flexibility index (Phi) is 3.84. The lowest BCUT2D eigenvalue weighted by molar-refractivity contribution is -0.140. The van der Waals surface area contributed by atoms with Gasteiger partial charge in [0.05, 0.1) is 30.7 Å². The summed E-state index contributed by atoms with van der Waals surface area (Å²) < 4.78 is 10.5. The molecule has 156 valence electrons. The van der Waals surface area contributed by atoms with Crippen molar-refractivity contribution >= 4 is 24.0 Å². The summed E-state index contributed by atoms with van der Waals surface area (Å²) in [5, 5.41) is 5.24. The lowest BCUT2D eigenvalue weighted by Gasteiger charge is -2.37. The molecule has 2 bridgehead atoms. The highest BCUT2D eigenvalue weighted by atomic mass is 16.5. The normalized spacial score (nSPS) is 32.5. The molecule has 1 aromatic heterocycles. The van der Waals surface area contributed by atoms with Crippen molar-refractivity contribution in [3.05, 3.63) is 59.9 Å². The summed E-state index contributed by atoms with van der Waals surface area (Å²) in [4.78, 5) is 37.5. The number of amides is 2. The third-order valence-corrected chi connectivity index (χ3v) is 7.16. The minimum Gasteiger partial charge on any atom is -0.465 e. The number of hydrogen-bond acceptors (Lipinski definition) is 6. The van der Waals surface area contributed by atoms with Gasteiger partial charge in [0.15, 0.2) is 0 Å². The Morgan fingerprint density at radius 3 is 2.29 bits per heavy atom. The van der Waals surface area contributed by atoms with E-state index in [-0.39, 0.29) is 35.5 Å². The van der Waals surface area contributed by atoms with Crippen LogP contribution in [0.2, 0.25) is 0 Å². The van der Waals surface area contributed by atoms with E-state index in [2.05, 4.69) is 17.3 Å². The predicted molar refractivity (Wildman–Crippen MR) is 110 cm³/mol. The molecule has 4 aliphatic carbocycles. The summed E-state index contributed by atoms with van der Waals surface area (Å²) in [6.07, 6.45) is 6.83. The second-order valence-corrected chi connectivity index (χ2v) is 8.66. The molecular formula is C24H20N2O5. The highest BCUT2D eigenvalue weighted by Gasteiger charge is 2.67. The number of esters is 1. The molecule has 6 atom stereocenters. The first-order valence-electron chi connectivity index (χ1n) is 10.5. The first-order chi connectivity index (χ1) is 15.1. The van der Waals surface area contributed by atoms with Crippen molar-refractivity contribution in [3.8, 4) is 11.3 Å². The molecule has 0 radical (unpaired) electrons. The third-order valence-electron chi connectivity index (χ3n) is 7.16. The van der Waals surface area contributed by atoms with E-state index in [1.165, 1.54) is 13.3 Å². The number of carbonyl (C=O) groups excluding carboxylic acids is 3. The van der Waals surface area contributed by atoms with Gasteiger partial charge in [-0.05, 0) is 54.4 Å². The number of allylic oxidation sites excluding steroid dienone is 2. The van der Waals surface area contributed by atoms with Crippen LogP contribution < -0.4 is 0 Å². The first kappa shape index (κ1) is 18.3. The zero-order valence-corrected chi connectivity index (χ0v) is 16.8. The Hall–Kier alpha value is -3.48. The zero-order valence-electron chi connectivity index (χ0n) is 16.8. The van der Waals surface area contributed by atoms with Gasteiger partial charge in [-0.25, -0.2) is 4.79 Å². The summed E-state index contributed by atoms with van der Waals surface area (Å²) in [6, 6.07) is 10.4. The van der Waals surface area contributed by atoms with E-state index in [1.807, 2.05) is 0 Å². The van der Waals surface area contributed by atoms with E-state index in [9.17, 15) is 14.4 Å². The van der Waals surface area contributed by atoms with Gasteiger partial charge in [-0.15, -0.1) is 0 Å². The third kappa shape index (κ3) is 2.65. The van der Waals surface area contributed by atoms with Crippen molar-refractivity contribution in [3.63, 3.8) is 0 Å². The van der Waals surface area contributed by atoms with Crippen LogP contribution >= 0.6 is 0 Å². The number of hydrazone groups is 1. The number of hydrogen-bond donors (Lipinski definition) is 0. The molecule has 1 saturated heterocycles. The molecule has 0 spiro atoms. The van der Waals surface area contributed by atoms with Crippen molar-refractivity contribution in [1.82, 2.24) is 5.01 Å². The first-order valence-corrected chi connectivity index (χ1v) is 10.5. The van der Waals surface area contributed by atoms with Gasteiger partial charge in [0.25, 0.3) is 11.8 Å². The summed E-state index contributed by atoms with van der Waals surface area (Å²) in [6.45, 7) is 0. The second kappa shape index (κ2) is 6.51. The molecule has 31 heavy (non-hydrogen) atoms. The van der Waals surface area contributed by atoms with Crippen molar-refractivity contribution < 1.29 is 23.5 Å². The number of imide groups is 1. The maximum absolute atomic E-state index is 13.0. The smallest absolute Gasteiger partial charge is 0.337 e. The van der Waals surface area contributed by atoms with Crippen LogP contribution in [0.15, 0.2) is 58.1 Å². The molecule has 3 fully saturated rings. The SMILES string of the molecule is COC(=O)c1ccc(-c2ccc(/C=N/N3C(=O)[C@H]4[C@@H]5C=C[C@H]([C@H]6C[C@H]56)[C@@H]4C3=O)o2)cc1. The van der Waals surface area contributed by atoms with Gasteiger partial charge < -0.3 is 9.15 Å². The Morgan fingerprint density at radius 2 is 1.68 bits per heavy atom. The lowest BCUT2D eigenvalue weighted by atomic mass is 9.63. The van der Waals surface area contributed by atoms with Gasteiger partial charge in [0.1, 0.15) is 11.5 Å². The van der Waals surface area contributed by atoms with Crippen LogP contribution in [-0.4, -0.2) is 36.1 Å². The van der Waals surface area contributed by atoms with E-state index >= 15 is 0 Å². The van der Waals surface area contributed by atoms with Crippen molar-refractivity contribution in [2.24, 2.45) is 40.6 Å². The van der Waals surface area contributed by atoms with Gasteiger partial charge in [-0.3, -0.25) is 9.59 Å². The number of carbonyl (C=O) groups is 3. The van der Waals surface area contributed by atoms with Crippen molar-refractivity contribution in [2.75, 3.05) is 7.11 Å². The highest BCUT2D eigenvalue weighted by molar-refractivity contribution is 6.06. The summed E-state index contributed by atoms with van der Waals surface area (Å²) in [5.41, 5.74) is 1.24. The fourth-order valence-corrected chi connectivity index (χ4v) is 5.64. The van der Waals surface area contributed by atoms with Gasteiger partial charge in [0.2, 0.25) is 0 Å². The Balaban J connectivity index is 1.20. The van der Waals surface area contributed by atoms with Crippen LogP contribution in [-0.2, 0) is 14.3 Å². The molecule has 1 aliphatic heterocycles. The van der Waals surface area contributed by atoms with Crippen LogP contribution in [0.25, 0.3) is 11.3 Å². The number of benzene rings is 1. The number of methoxy groups -OCH3 is 1. The fraction of sp³-hybridized carbons (Fsp3) is 0.333. The molecule has 2 heterocycles. The van der Waals surface area contributed by atoms with Crippen LogP contribution in [0.3, 0.4) is 0 Å². The average molecular weight is 416 g/mol. The molecule has 2 saturated carbocycles. The molecule has 2 amide bonds. The summed E-state index contributed by atoms with van der Waals surface area (Å²) in [7, 11) is 1.34. The number of ether oxygens (including phenoxy) is 1. The van der Waals surface area contributed by atoms with Crippen LogP contribution in [0.1, 0.15) is 22.5 Å². The van der Waals surface area contributed by atoms with E-state index in [4.69, 9.17) is 9.15 Å². The lowest BCUT2D eigenvalue weighted by Crippen LogP contribution is -2.40. The minimum absolute atomic E-state index is 0.180. The van der Waals surface area contributed by atoms with E-state index < -0.39 is 5.97 Å². The maximum atomic E-state index is 13.0. The van der Waals surface area contributed by atoms with Gasteiger partial charge in [-0.1, -0.05) is 24.3 Å². The highest BCUT2D eigenvalue weighted by Crippen LogP contribution is 2.65. The second-order valence-electron chi connectivity index (χ2n) is 8.66. The van der Waals surface area contributed by atoms with E-state index in [0.29, 0.717) is 28.9 Å². The molecule has 5 aliphatic rings.